The first-order valence-electron chi connectivity index (χ1n) is 6.85. The Balaban J connectivity index is 0.00000441. The number of carbonyl (C=O) groups is 2. The summed E-state index contributed by atoms with van der Waals surface area (Å²) in [6.07, 6.45) is 4.82. The predicted octanol–water partition coefficient (Wildman–Crippen LogP) is 0.333. The molecule has 0 saturated heterocycles. The lowest BCUT2D eigenvalue weighted by molar-refractivity contribution is -0.151. The van der Waals surface area contributed by atoms with Crippen molar-refractivity contribution in [1.82, 2.24) is 5.53 Å². The topological polar surface area (TPSA) is 129 Å². The molecule has 21 heavy (non-hydrogen) atoms. The Kier molecular flexibility index (Phi) is 7.24. The van der Waals surface area contributed by atoms with Gasteiger partial charge in [0.1, 0.15) is 6.10 Å². The standard InChI is InChI=1S/C13H22N4O4.H2/c1-9(13(19)20-8-11(14)16-17-15)7-12(18)21-10-5-3-2-4-6-10;/h10,17H,1-8,15H2,(H2,14,16);1H. The van der Waals surface area contributed by atoms with Gasteiger partial charge in [-0.1, -0.05) is 13.0 Å². The van der Waals surface area contributed by atoms with Crippen LogP contribution >= 0.6 is 0 Å². The summed E-state index contributed by atoms with van der Waals surface area (Å²) in [6.45, 7) is 3.28. The van der Waals surface area contributed by atoms with E-state index in [1.165, 1.54) is 6.42 Å². The molecule has 1 saturated carbocycles. The summed E-state index contributed by atoms with van der Waals surface area (Å²) in [6, 6.07) is 0. The fourth-order valence-corrected chi connectivity index (χ4v) is 2.01. The molecule has 8 heteroatoms. The van der Waals surface area contributed by atoms with Gasteiger partial charge in [0.25, 0.3) is 0 Å². The number of carbonyl (C=O) groups excluding carboxylic acids is 2. The van der Waals surface area contributed by atoms with Gasteiger partial charge < -0.3 is 15.2 Å². The zero-order valence-electron chi connectivity index (χ0n) is 12.0. The summed E-state index contributed by atoms with van der Waals surface area (Å²) in [7, 11) is 0. The van der Waals surface area contributed by atoms with E-state index in [0.717, 1.165) is 25.7 Å². The van der Waals surface area contributed by atoms with Crippen LogP contribution in [0.3, 0.4) is 0 Å². The SMILES string of the molecule is C=C(CC(=O)OC1CCCCC1)C(=O)OC/C(N)=N/NN.[HH]. The highest BCUT2D eigenvalue weighted by molar-refractivity contribution is 5.94. The second kappa shape index (κ2) is 8.96. The molecule has 0 aromatic heterocycles. The van der Waals surface area contributed by atoms with E-state index in [0.29, 0.717) is 0 Å². The Hall–Kier alpha value is -2.09. The third-order valence-corrected chi connectivity index (χ3v) is 3.06. The van der Waals surface area contributed by atoms with Crippen LogP contribution < -0.4 is 17.1 Å². The van der Waals surface area contributed by atoms with Crippen molar-refractivity contribution in [3.63, 3.8) is 0 Å². The Bertz CT molecular complexity index is 422. The minimum absolute atomic E-state index is 0. The van der Waals surface area contributed by atoms with Gasteiger partial charge in [-0.25, -0.2) is 16.2 Å². The smallest absolute Gasteiger partial charge is 0.334 e. The number of nitrogens with zero attached hydrogens (tertiary/aromatic N) is 1. The van der Waals surface area contributed by atoms with Crippen LogP contribution in [0.1, 0.15) is 40.0 Å². The molecule has 1 aliphatic carbocycles. The van der Waals surface area contributed by atoms with Crippen molar-refractivity contribution in [3.8, 4) is 0 Å². The monoisotopic (exact) mass is 300 g/mol. The van der Waals surface area contributed by atoms with E-state index >= 15 is 0 Å². The molecule has 1 aliphatic rings. The summed E-state index contributed by atoms with van der Waals surface area (Å²) in [5, 5.41) is 3.42. The maximum Gasteiger partial charge on any atom is 0.334 e. The third-order valence-electron chi connectivity index (χ3n) is 3.06. The van der Waals surface area contributed by atoms with Gasteiger partial charge in [0, 0.05) is 7.00 Å². The van der Waals surface area contributed by atoms with Crippen molar-refractivity contribution < 1.29 is 20.5 Å². The fraction of sp³-hybridized carbons (Fsp3) is 0.615. The molecular weight excluding hydrogens is 276 g/mol. The minimum Gasteiger partial charge on any atom is -0.462 e. The molecule has 0 amide bonds. The van der Waals surface area contributed by atoms with Crippen LogP contribution in [0.2, 0.25) is 0 Å². The van der Waals surface area contributed by atoms with Gasteiger partial charge in [0.2, 0.25) is 0 Å². The van der Waals surface area contributed by atoms with Crippen molar-refractivity contribution >= 4 is 17.8 Å². The van der Waals surface area contributed by atoms with Gasteiger partial charge in [-0.05, 0) is 25.7 Å². The normalized spacial score (nSPS) is 16.1. The highest BCUT2D eigenvalue weighted by Gasteiger charge is 2.20. The Morgan fingerprint density at radius 2 is 2.00 bits per heavy atom. The molecule has 1 rings (SSSR count). The summed E-state index contributed by atoms with van der Waals surface area (Å²) in [4.78, 5) is 23.3. The molecule has 0 radical (unpaired) electrons. The Morgan fingerprint density at radius 1 is 1.33 bits per heavy atom. The van der Waals surface area contributed by atoms with Crippen LogP contribution in [0.25, 0.3) is 0 Å². The number of nitrogens with one attached hydrogen (secondary N) is 1. The maximum absolute atomic E-state index is 11.7. The largest absolute Gasteiger partial charge is 0.462 e. The van der Waals surface area contributed by atoms with Crippen LogP contribution in [-0.4, -0.2) is 30.5 Å². The van der Waals surface area contributed by atoms with Gasteiger partial charge in [0.05, 0.1) is 6.42 Å². The highest BCUT2D eigenvalue weighted by Crippen LogP contribution is 2.21. The van der Waals surface area contributed by atoms with Crippen LogP contribution in [0.15, 0.2) is 17.3 Å². The number of rotatable bonds is 7. The molecule has 0 bridgehead atoms. The molecular formula is C13H24N4O4. The van der Waals surface area contributed by atoms with Crippen molar-refractivity contribution in [1.29, 1.82) is 0 Å². The van der Waals surface area contributed by atoms with Gasteiger partial charge >= 0.3 is 11.9 Å². The lowest BCUT2D eigenvalue weighted by atomic mass is 9.98. The van der Waals surface area contributed by atoms with Crippen molar-refractivity contribution in [2.75, 3.05) is 6.61 Å². The molecule has 0 unspecified atom stereocenters. The molecule has 0 aromatic rings. The predicted molar refractivity (Wildman–Crippen MR) is 78.7 cm³/mol. The first-order chi connectivity index (χ1) is 10.0. The van der Waals surface area contributed by atoms with Crippen molar-refractivity contribution in [3.05, 3.63) is 12.2 Å². The average molecular weight is 300 g/mol. The molecule has 0 heterocycles. The molecule has 0 atom stereocenters. The van der Waals surface area contributed by atoms with Gasteiger partial charge in [-0.15, -0.1) is 5.10 Å². The second-order valence-corrected chi connectivity index (χ2v) is 4.84. The molecule has 8 nitrogen and oxygen atoms in total. The first kappa shape index (κ1) is 17.0. The number of hydrogen-bond donors (Lipinski definition) is 3. The number of esters is 2. The summed E-state index contributed by atoms with van der Waals surface area (Å²) < 4.78 is 10.1. The number of hydrogen-bond acceptors (Lipinski definition) is 7. The first-order valence-corrected chi connectivity index (χ1v) is 6.85. The van der Waals surface area contributed by atoms with E-state index in [1.807, 2.05) is 5.53 Å². The Morgan fingerprint density at radius 3 is 2.62 bits per heavy atom. The van der Waals surface area contributed by atoms with E-state index in [-0.39, 0.29) is 32.0 Å². The van der Waals surface area contributed by atoms with Gasteiger partial charge in [-0.3, -0.25) is 4.79 Å². The maximum atomic E-state index is 11.7. The number of amidine groups is 1. The van der Waals surface area contributed by atoms with Crippen LogP contribution in [0.4, 0.5) is 0 Å². The van der Waals surface area contributed by atoms with Crippen LogP contribution in [0, 0.1) is 0 Å². The zero-order valence-corrected chi connectivity index (χ0v) is 12.0. The lowest BCUT2D eigenvalue weighted by Gasteiger charge is -2.21. The number of hydrazone groups is 1. The number of nitrogens with two attached hydrogens (primary N) is 2. The average Bonchev–Trinajstić information content (AvgIpc) is 2.45. The Labute approximate surface area is 125 Å². The van der Waals surface area contributed by atoms with Gasteiger partial charge in [-0.2, -0.15) is 0 Å². The summed E-state index contributed by atoms with van der Waals surface area (Å²) in [5.41, 5.74) is 7.36. The van der Waals surface area contributed by atoms with Crippen molar-refractivity contribution in [2.45, 2.75) is 44.6 Å². The van der Waals surface area contributed by atoms with Crippen LogP contribution in [0.5, 0.6) is 0 Å². The van der Waals surface area contributed by atoms with E-state index in [1.54, 1.807) is 0 Å². The zero-order chi connectivity index (χ0) is 15.7. The third kappa shape index (κ3) is 6.75. The summed E-state index contributed by atoms with van der Waals surface area (Å²) in [5.74, 6) is 3.74. The minimum atomic E-state index is -0.717. The quantitative estimate of drug-likeness (QED) is 0.154. The van der Waals surface area contributed by atoms with E-state index < -0.39 is 11.9 Å². The fourth-order valence-electron chi connectivity index (χ4n) is 2.01. The summed E-state index contributed by atoms with van der Waals surface area (Å²) >= 11 is 0. The molecule has 0 aliphatic heterocycles. The number of ether oxygens (including phenoxy) is 2. The lowest BCUT2D eigenvalue weighted by Crippen LogP contribution is -2.28. The molecule has 5 N–H and O–H groups in total. The van der Waals surface area contributed by atoms with E-state index in [9.17, 15) is 9.59 Å². The molecule has 0 spiro atoms. The van der Waals surface area contributed by atoms with Crippen molar-refractivity contribution in [2.24, 2.45) is 16.7 Å². The molecule has 120 valence electrons. The molecule has 1 fully saturated rings. The number of hydrazine groups is 1. The highest BCUT2D eigenvalue weighted by atomic mass is 16.5. The second-order valence-electron chi connectivity index (χ2n) is 4.84. The molecule has 0 aromatic carbocycles. The van der Waals surface area contributed by atoms with E-state index in [4.69, 9.17) is 21.1 Å². The van der Waals surface area contributed by atoms with Gasteiger partial charge in [0.15, 0.2) is 12.4 Å². The van der Waals surface area contributed by atoms with E-state index in [2.05, 4.69) is 11.7 Å². The van der Waals surface area contributed by atoms with Crippen LogP contribution in [-0.2, 0) is 19.1 Å².